The van der Waals surface area contributed by atoms with Crippen LogP contribution in [0.5, 0.6) is 0 Å². The quantitative estimate of drug-likeness (QED) is 0.464. The Hall–Kier alpha value is -2.10. The second kappa shape index (κ2) is 3.45. The first-order valence-corrected chi connectivity index (χ1v) is 6.07. The predicted molar refractivity (Wildman–Crippen MR) is 73.9 cm³/mol. The Morgan fingerprint density at radius 2 is 1.39 bits per heavy atom. The van der Waals surface area contributed by atoms with Crippen LogP contribution in [0.25, 0.3) is 21.5 Å². The topological polar surface area (TPSA) is 39.5 Å². The molecule has 0 bridgehead atoms. The summed E-state index contributed by atoms with van der Waals surface area (Å²) in [7, 11) is 0. The molecule has 0 saturated carbocycles. The summed E-state index contributed by atoms with van der Waals surface area (Å²) in [5.74, 6) is 0. The fraction of sp³-hybridized carbons (Fsp3) is 0.0667. The molecule has 1 unspecified atom stereocenters. The Labute approximate surface area is 104 Å². The molecule has 3 nitrogen and oxygen atoms in total. The molecule has 2 N–H and O–H groups in total. The van der Waals surface area contributed by atoms with Gasteiger partial charge in [0, 0.05) is 10.8 Å². The molecule has 0 fully saturated rings. The standard InChI is InChI=1S/C15H12N2O/c18-17-9-16-14-12-7-3-1-5-10(12)11-6-2-4-8-13(11)15(14)17/h1-8,16-17H,9H2. The fourth-order valence-electron chi connectivity index (χ4n) is 2.87. The molecule has 4 rings (SSSR count). The third-order valence-electron chi connectivity index (χ3n) is 3.64. The van der Waals surface area contributed by atoms with E-state index >= 15 is 0 Å². The summed E-state index contributed by atoms with van der Waals surface area (Å²) in [6, 6.07) is 16.4. The maximum Gasteiger partial charge on any atom is 0.164 e. The number of fused-ring (bicyclic) bond motifs is 6. The number of nitrogens with one attached hydrogen (secondary N) is 2. The summed E-state index contributed by atoms with van der Waals surface area (Å²) in [6.07, 6.45) is 0. The highest BCUT2D eigenvalue weighted by Crippen LogP contribution is 2.39. The predicted octanol–water partition coefficient (Wildman–Crippen LogP) is 2.39. The third-order valence-corrected chi connectivity index (χ3v) is 3.64. The lowest BCUT2D eigenvalue weighted by molar-refractivity contribution is -0.764. The molecule has 1 atom stereocenters. The van der Waals surface area contributed by atoms with Gasteiger partial charge in [0.2, 0.25) is 0 Å². The van der Waals surface area contributed by atoms with Crippen LogP contribution in [0.1, 0.15) is 0 Å². The smallest absolute Gasteiger partial charge is 0.164 e. The molecule has 0 spiro atoms. The van der Waals surface area contributed by atoms with Gasteiger partial charge in [-0.25, -0.2) is 0 Å². The number of hydrogen-bond donors (Lipinski definition) is 2. The number of benzene rings is 3. The SMILES string of the molecule is [O-][NH+]1CNc2c1c1ccccc1c1ccccc21. The van der Waals surface area contributed by atoms with Crippen LogP contribution in [0.4, 0.5) is 11.4 Å². The molecule has 0 aliphatic carbocycles. The molecule has 3 aromatic rings. The van der Waals surface area contributed by atoms with Crippen molar-refractivity contribution in [2.45, 2.75) is 0 Å². The van der Waals surface area contributed by atoms with E-state index in [2.05, 4.69) is 23.5 Å². The van der Waals surface area contributed by atoms with Gasteiger partial charge in [-0.3, -0.25) is 0 Å². The number of rotatable bonds is 0. The number of hydrogen-bond acceptors (Lipinski definition) is 2. The van der Waals surface area contributed by atoms with E-state index in [1.165, 1.54) is 5.39 Å². The first-order valence-electron chi connectivity index (χ1n) is 6.07. The third kappa shape index (κ3) is 1.15. The number of hydroxylamine groups is 1. The van der Waals surface area contributed by atoms with Crippen LogP contribution in [0.2, 0.25) is 0 Å². The Balaban J connectivity index is 2.32. The van der Waals surface area contributed by atoms with E-state index in [1.54, 1.807) is 0 Å². The summed E-state index contributed by atoms with van der Waals surface area (Å²) in [6.45, 7) is 0.410. The zero-order valence-corrected chi connectivity index (χ0v) is 9.73. The van der Waals surface area contributed by atoms with Crippen LogP contribution in [-0.2, 0) is 0 Å². The molecule has 0 saturated heterocycles. The van der Waals surface area contributed by atoms with Crippen molar-refractivity contribution in [1.29, 1.82) is 0 Å². The van der Waals surface area contributed by atoms with E-state index in [0.717, 1.165) is 27.5 Å². The van der Waals surface area contributed by atoms with Crippen LogP contribution < -0.4 is 10.4 Å². The summed E-state index contributed by atoms with van der Waals surface area (Å²) in [4.78, 5) is 0. The van der Waals surface area contributed by atoms with Crippen LogP contribution in [0.15, 0.2) is 48.5 Å². The van der Waals surface area contributed by atoms with Crippen LogP contribution in [0, 0.1) is 5.21 Å². The summed E-state index contributed by atoms with van der Waals surface area (Å²) < 4.78 is 0. The number of anilines is 1. The molecule has 0 aromatic heterocycles. The van der Waals surface area contributed by atoms with E-state index in [1.807, 2.05) is 30.3 Å². The highest BCUT2D eigenvalue weighted by atomic mass is 16.5. The maximum atomic E-state index is 12.1. The molecule has 0 amide bonds. The van der Waals surface area contributed by atoms with Gasteiger partial charge in [0.25, 0.3) is 0 Å². The lowest BCUT2D eigenvalue weighted by Crippen LogP contribution is -3.01. The molecular weight excluding hydrogens is 224 g/mol. The Bertz CT molecular complexity index is 767. The second-order valence-electron chi connectivity index (χ2n) is 4.62. The van der Waals surface area contributed by atoms with Crippen molar-refractivity contribution in [3.8, 4) is 0 Å². The van der Waals surface area contributed by atoms with Gasteiger partial charge in [0.1, 0.15) is 5.69 Å². The molecule has 1 aliphatic heterocycles. The summed E-state index contributed by atoms with van der Waals surface area (Å²) >= 11 is 0. The lowest BCUT2D eigenvalue weighted by atomic mass is 9.99. The van der Waals surface area contributed by atoms with E-state index in [0.29, 0.717) is 6.67 Å². The van der Waals surface area contributed by atoms with E-state index in [-0.39, 0.29) is 5.06 Å². The molecule has 1 heterocycles. The average Bonchev–Trinajstić information content (AvgIpc) is 2.82. The zero-order chi connectivity index (χ0) is 12.1. The average molecular weight is 236 g/mol. The number of quaternary nitrogens is 1. The van der Waals surface area contributed by atoms with Gasteiger partial charge in [-0.1, -0.05) is 42.5 Å². The monoisotopic (exact) mass is 236 g/mol. The van der Waals surface area contributed by atoms with E-state index < -0.39 is 0 Å². The van der Waals surface area contributed by atoms with Gasteiger partial charge in [-0.05, 0) is 16.8 Å². The molecule has 3 heteroatoms. The molecule has 3 aromatic carbocycles. The molecule has 0 radical (unpaired) electrons. The molecular formula is C15H12N2O. The Morgan fingerprint density at radius 1 is 0.833 bits per heavy atom. The van der Waals surface area contributed by atoms with E-state index in [4.69, 9.17) is 0 Å². The lowest BCUT2D eigenvalue weighted by Gasteiger charge is -2.16. The van der Waals surface area contributed by atoms with Crippen LogP contribution in [-0.4, -0.2) is 6.67 Å². The van der Waals surface area contributed by atoms with Gasteiger partial charge in [-0.2, -0.15) is 0 Å². The Kier molecular flexibility index (Phi) is 1.89. The Morgan fingerprint density at radius 3 is 2.11 bits per heavy atom. The highest BCUT2D eigenvalue weighted by Gasteiger charge is 2.24. The summed E-state index contributed by atoms with van der Waals surface area (Å²) in [5, 5.41) is 20.0. The second-order valence-corrected chi connectivity index (χ2v) is 4.62. The van der Waals surface area contributed by atoms with Crippen molar-refractivity contribution >= 4 is 32.9 Å². The molecule has 1 aliphatic rings. The maximum absolute atomic E-state index is 12.1. The fourth-order valence-corrected chi connectivity index (χ4v) is 2.87. The van der Waals surface area contributed by atoms with Gasteiger partial charge >= 0.3 is 0 Å². The summed E-state index contributed by atoms with van der Waals surface area (Å²) in [5.41, 5.74) is 1.85. The van der Waals surface area contributed by atoms with Crippen LogP contribution >= 0.6 is 0 Å². The minimum atomic E-state index is 0.187. The van der Waals surface area contributed by atoms with Crippen molar-refractivity contribution in [2.75, 3.05) is 12.0 Å². The zero-order valence-electron chi connectivity index (χ0n) is 9.73. The van der Waals surface area contributed by atoms with Gasteiger partial charge in [0.05, 0.1) is 0 Å². The van der Waals surface area contributed by atoms with Crippen molar-refractivity contribution in [1.82, 2.24) is 0 Å². The first-order chi connectivity index (χ1) is 8.86. The van der Waals surface area contributed by atoms with Gasteiger partial charge in [-0.15, -0.1) is 0 Å². The first kappa shape index (κ1) is 9.88. The largest absolute Gasteiger partial charge is 0.627 e. The van der Waals surface area contributed by atoms with Crippen molar-refractivity contribution < 1.29 is 5.06 Å². The van der Waals surface area contributed by atoms with Gasteiger partial charge < -0.3 is 15.6 Å². The van der Waals surface area contributed by atoms with Crippen LogP contribution in [0.3, 0.4) is 0 Å². The molecule has 88 valence electrons. The minimum Gasteiger partial charge on any atom is -0.627 e. The normalized spacial score (nSPS) is 17.9. The van der Waals surface area contributed by atoms with Gasteiger partial charge in [0.15, 0.2) is 12.4 Å². The highest BCUT2D eigenvalue weighted by molar-refractivity contribution is 6.18. The minimum absolute atomic E-state index is 0.187. The van der Waals surface area contributed by atoms with E-state index in [9.17, 15) is 5.21 Å². The van der Waals surface area contributed by atoms with Crippen molar-refractivity contribution in [2.24, 2.45) is 0 Å². The molecule has 18 heavy (non-hydrogen) atoms. The van der Waals surface area contributed by atoms with Crippen molar-refractivity contribution in [3.63, 3.8) is 0 Å². The van der Waals surface area contributed by atoms with Crippen molar-refractivity contribution in [3.05, 3.63) is 53.7 Å².